The molecule has 0 radical (unpaired) electrons. The summed E-state index contributed by atoms with van der Waals surface area (Å²) in [6.07, 6.45) is 1.18. The van der Waals surface area contributed by atoms with E-state index in [0.717, 1.165) is 5.56 Å². The predicted octanol–water partition coefficient (Wildman–Crippen LogP) is 2.43. The second-order valence-electron chi connectivity index (χ2n) is 4.15. The van der Waals surface area contributed by atoms with Crippen molar-refractivity contribution in [3.05, 3.63) is 29.6 Å². The smallest absolute Gasteiger partial charge is 0.374 e. The molecule has 1 rings (SSSR count). The van der Waals surface area contributed by atoms with E-state index in [2.05, 4.69) is 4.74 Å². The van der Waals surface area contributed by atoms with Crippen LogP contribution in [0.2, 0.25) is 0 Å². The van der Waals surface area contributed by atoms with Gasteiger partial charge in [-0.1, -0.05) is 6.07 Å². The van der Waals surface area contributed by atoms with Gasteiger partial charge in [-0.25, -0.2) is 9.18 Å². The van der Waals surface area contributed by atoms with Crippen molar-refractivity contribution in [2.75, 3.05) is 13.7 Å². The first-order valence-electron chi connectivity index (χ1n) is 6.04. The number of benzene rings is 1. The Labute approximate surface area is 111 Å². The number of esters is 1. The van der Waals surface area contributed by atoms with Gasteiger partial charge in [0.2, 0.25) is 5.78 Å². The zero-order valence-corrected chi connectivity index (χ0v) is 11.1. The lowest BCUT2D eigenvalue weighted by molar-refractivity contribution is -0.151. The highest BCUT2D eigenvalue weighted by Gasteiger charge is 2.12. The van der Waals surface area contributed by atoms with Gasteiger partial charge in [0, 0.05) is 6.42 Å². The van der Waals surface area contributed by atoms with E-state index in [1.54, 1.807) is 12.1 Å². The monoisotopic (exact) mass is 268 g/mol. The third kappa shape index (κ3) is 5.07. The first-order valence-corrected chi connectivity index (χ1v) is 6.04. The Kier molecular flexibility index (Phi) is 5.99. The van der Waals surface area contributed by atoms with Gasteiger partial charge in [0.15, 0.2) is 11.6 Å². The Hall–Kier alpha value is -1.91. The molecule has 1 aromatic carbocycles. The number of aryl methyl sites for hydroxylation is 1. The van der Waals surface area contributed by atoms with Crippen molar-refractivity contribution in [3.63, 3.8) is 0 Å². The first-order chi connectivity index (χ1) is 9.04. The zero-order valence-electron chi connectivity index (χ0n) is 11.1. The third-order valence-electron chi connectivity index (χ3n) is 2.56. The van der Waals surface area contributed by atoms with Gasteiger partial charge in [0.25, 0.3) is 0 Å². The summed E-state index contributed by atoms with van der Waals surface area (Å²) in [5.74, 6) is -1.58. The molecule has 0 fully saturated rings. The van der Waals surface area contributed by atoms with Gasteiger partial charge < -0.3 is 9.47 Å². The molecule has 104 valence electrons. The van der Waals surface area contributed by atoms with Gasteiger partial charge in [0.05, 0.1) is 13.7 Å². The minimum atomic E-state index is -0.828. The highest BCUT2D eigenvalue weighted by atomic mass is 19.1. The number of carbonyl (C=O) groups is 2. The molecule has 0 heterocycles. The quantitative estimate of drug-likeness (QED) is 0.433. The molecule has 0 spiro atoms. The lowest BCUT2D eigenvalue weighted by atomic mass is 10.2. The Bertz CT molecular complexity index is 457. The van der Waals surface area contributed by atoms with Crippen molar-refractivity contribution in [2.24, 2.45) is 0 Å². The van der Waals surface area contributed by atoms with E-state index in [4.69, 9.17) is 4.74 Å². The summed E-state index contributed by atoms with van der Waals surface area (Å²) in [6.45, 7) is 2.15. The van der Waals surface area contributed by atoms with E-state index in [9.17, 15) is 14.0 Å². The summed E-state index contributed by atoms with van der Waals surface area (Å²) < 4.78 is 22.9. The topological polar surface area (TPSA) is 52.6 Å². The lowest BCUT2D eigenvalue weighted by Gasteiger charge is -2.07. The van der Waals surface area contributed by atoms with Gasteiger partial charge in [-0.2, -0.15) is 0 Å². The van der Waals surface area contributed by atoms with Crippen LogP contribution in [-0.2, 0) is 14.3 Å². The number of methoxy groups -OCH3 is 1. The molecule has 0 aliphatic carbocycles. The van der Waals surface area contributed by atoms with Crippen molar-refractivity contribution >= 4 is 11.8 Å². The average molecular weight is 268 g/mol. The summed E-state index contributed by atoms with van der Waals surface area (Å²) in [5, 5.41) is 0. The number of carbonyl (C=O) groups excluding carboxylic acids is 2. The molecule has 0 aliphatic heterocycles. The molecule has 19 heavy (non-hydrogen) atoms. The fraction of sp³-hybridized carbons (Fsp3) is 0.429. The van der Waals surface area contributed by atoms with Crippen LogP contribution in [0.4, 0.5) is 4.39 Å². The molecule has 0 unspecified atom stereocenters. The molecule has 1 aromatic rings. The molecule has 0 atom stereocenters. The third-order valence-corrected chi connectivity index (χ3v) is 2.56. The maximum Gasteiger partial charge on any atom is 0.374 e. The molecule has 0 saturated carbocycles. The second-order valence-corrected chi connectivity index (χ2v) is 4.15. The molecule has 0 aromatic heterocycles. The maximum atomic E-state index is 13.3. The standard InChI is InChI=1S/C14H17FO4/c1-10-6-7-11(15)13(9-10)19-8-4-3-5-12(16)14(17)18-2/h6-7,9H,3-5,8H2,1-2H3. The SMILES string of the molecule is COC(=O)C(=O)CCCCOc1cc(C)ccc1F. The van der Waals surface area contributed by atoms with Crippen molar-refractivity contribution in [1.82, 2.24) is 0 Å². The van der Waals surface area contributed by atoms with E-state index in [-0.39, 0.29) is 12.2 Å². The molecule has 4 nitrogen and oxygen atoms in total. The Morgan fingerprint density at radius 2 is 2.00 bits per heavy atom. The summed E-state index contributed by atoms with van der Waals surface area (Å²) in [6, 6.07) is 4.64. The number of hydrogen-bond donors (Lipinski definition) is 0. The maximum absolute atomic E-state index is 13.3. The number of ketones is 1. The van der Waals surface area contributed by atoms with Crippen LogP contribution in [-0.4, -0.2) is 25.5 Å². The normalized spacial score (nSPS) is 10.1. The first kappa shape index (κ1) is 15.1. The molecular formula is C14H17FO4. The largest absolute Gasteiger partial charge is 0.491 e. The van der Waals surface area contributed by atoms with Gasteiger partial charge in [-0.05, 0) is 37.5 Å². The van der Waals surface area contributed by atoms with Crippen LogP contribution in [0.5, 0.6) is 5.75 Å². The minimum Gasteiger partial charge on any atom is -0.491 e. The Balaban J connectivity index is 2.26. The predicted molar refractivity (Wildman–Crippen MR) is 67.5 cm³/mol. The molecule has 0 amide bonds. The van der Waals surface area contributed by atoms with Gasteiger partial charge in [-0.15, -0.1) is 0 Å². The molecular weight excluding hydrogens is 251 g/mol. The zero-order chi connectivity index (χ0) is 14.3. The summed E-state index contributed by atoms with van der Waals surface area (Å²) in [4.78, 5) is 22.0. The highest BCUT2D eigenvalue weighted by Crippen LogP contribution is 2.18. The van der Waals surface area contributed by atoms with Crippen molar-refractivity contribution in [3.8, 4) is 5.75 Å². The van der Waals surface area contributed by atoms with Crippen LogP contribution < -0.4 is 4.74 Å². The molecule has 5 heteroatoms. The minimum absolute atomic E-state index is 0.117. The molecule has 0 saturated heterocycles. The second kappa shape index (κ2) is 7.51. The van der Waals surface area contributed by atoms with Crippen LogP contribution in [0, 0.1) is 12.7 Å². The average Bonchev–Trinajstić information content (AvgIpc) is 2.40. The molecule has 0 N–H and O–H groups in total. The Morgan fingerprint density at radius 3 is 2.68 bits per heavy atom. The van der Waals surface area contributed by atoms with Crippen molar-refractivity contribution < 1.29 is 23.5 Å². The lowest BCUT2D eigenvalue weighted by Crippen LogP contribution is -2.15. The van der Waals surface area contributed by atoms with Gasteiger partial charge in [-0.3, -0.25) is 4.79 Å². The molecule has 0 aliphatic rings. The number of rotatable bonds is 7. The molecule has 0 bridgehead atoms. The fourth-order valence-corrected chi connectivity index (χ4v) is 1.51. The van der Waals surface area contributed by atoms with Crippen molar-refractivity contribution in [1.29, 1.82) is 0 Å². The van der Waals surface area contributed by atoms with E-state index >= 15 is 0 Å². The highest BCUT2D eigenvalue weighted by molar-refractivity contribution is 6.33. The van der Waals surface area contributed by atoms with Crippen LogP contribution in [0.15, 0.2) is 18.2 Å². The number of halogens is 1. The van der Waals surface area contributed by atoms with Crippen LogP contribution >= 0.6 is 0 Å². The van der Waals surface area contributed by atoms with E-state index < -0.39 is 17.6 Å². The summed E-state index contributed by atoms with van der Waals surface area (Å²) >= 11 is 0. The van der Waals surface area contributed by atoms with Crippen molar-refractivity contribution in [2.45, 2.75) is 26.2 Å². The Morgan fingerprint density at radius 1 is 1.26 bits per heavy atom. The van der Waals surface area contributed by atoms with Gasteiger partial charge >= 0.3 is 5.97 Å². The van der Waals surface area contributed by atoms with Gasteiger partial charge in [0.1, 0.15) is 0 Å². The van der Waals surface area contributed by atoms with Crippen LogP contribution in [0.25, 0.3) is 0 Å². The van der Waals surface area contributed by atoms with Crippen LogP contribution in [0.3, 0.4) is 0 Å². The number of ether oxygens (including phenoxy) is 2. The van der Waals surface area contributed by atoms with E-state index in [1.165, 1.54) is 13.2 Å². The number of hydrogen-bond acceptors (Lipinski definition) is 4. The number of unbranched alkanes of at least 4 members (excludes halogenated alkanes) is 1. The summed E-state index contributed by atoms with van der Waals surface area (Å²) in [7, 11) is 1.17. The van der Waals surface area contributed by atoms with Crippen LogP contribution in [0.1, 0.15) is 24.8 Å². The van der Waals surface area contributed by atoms with E-state index in [0.29, 0.717) is 19.4 Å². The van der Waals surface area contributed by atoms with E-state index in [1.807, 2.05) is 6.92 Å². The number of Topliss-reactive ketones (excluding diaryl/α,β-unsaturated/α-hetero) is 1. The summed E-state index contributed by atoms with van der Waals surface area (Å²) in [5.41, 5.74) is 0.914. The fourth-order valence-electron chi connectivity index (χ4n) is 1.51.